The van der Waals surface area contributed by atoms with Crippen molar-refractivity contribution in [2.45, 2.75) is 64.0 Å². The largest absolute Gasteiger partial charge is 0.355 e. The molecule has 1 aliphatic carbocycles. The Kier molecular flexibility index (Phi) is 6.41. The zero-order chi connectivity index (χ0) is 10.9. The summed E-state index contributed by atoms with van der Waals surface area (Å²) < 4.78 is 0. The third-order valence-corrected chi connectivity index (χ3v) is 3.21. The number of hydrogen-bond donors (Lipinski definition) is 2. The molecule has 0 radical (unpaired) electrons. The fraction of sp³-hybridized carbons (Fsp3) is 0.917. The summed E-state index contributed by atoms with van der Waals surface area (Å²) in [5, 5.41) is 6.06. The Morgan fingerprint density at radius 3 is 2.13 bits per heavy atom. The number of carbonyl (C=O) groups is 1. The van der Waals surface area contributed by atoms with Gasteiger partial charge in [-0.15, -0.1) is 0 Å². The predicted octanol–water partition coefficient (Wildman–Crippen LogP) is 1.82. The first-order valence-electron chi connectivity index (χ1n) is 6.26. The van der Waals surface area contributed by atoms with Gasteiger partial charge in [-0.05, 0) is 19.8 Å². The maximum Gasteiger partial charge on any atom is 0.207 e. The second kappa shape index (κ2) is 7.69. The van der Waals surface area contributed by atoms with Gasteiger partial charge in [0.15, 0.2) is 0 Å². The first kappa shape index (κ1) is 12.5. The fourth-order valence-electron chi connectivity index (χ4n) is 2.12. The first-order valence-corrected chi connectivity index (χ1v) is 6.26. The number of carbonyl (C=O) groups excluding carboxylic acids is 1. The lowest BCUT2D eigenvalue weighted by Gasteiger charge is -2.26. The van der Waals surface area contributed by atoms with Crippen LogP contribution in [-0.2, 0) is 4.79 Å². The molecule has 15 heavy (non-hydrogen) atoms. The Bertz CT molecular complexity index is 153. The molecule has 1 aliphatic heterocycles. The van der Waals surface area contributed by atoms with Gasteiger partial charge in [0.05, 0.1) is 0 Å². The van der Waals surface area contributed by atoms with Crippen LogP contribution in [0.3, 0.4) is 0 Å². The average molecular weight is 212 g/mol. The van der Waals surface area contributed by atoms with Gasteiger partial charge in [0.1, 0.15) is 0 Å². The van der Waals surface area contributed by atoms with Crippen molar-refractivity contribution in [1.29, 1.82) is 0 Å². The maximum absolute atomic E-state index is 10.0. The number of rotatable bonds is 2. The van der Waals surface area contributed by atoms with Crippen LogP contribution < -0.4 is 10.6 Å². The van der Waals surface area contributed by atoms with Gasteiger partial charge in [-0.1, -0.05) is 32.1 Å². The van der Waals surface area contributed by atoms with Crippen molar-refractivity contribution in [3.05, 3.63) is 0 Å². The van der Waals surface area contributed by atoms with Crippen molar-refractivity contribution >= 4 is 6.41 Å². The highest BCUT2D eigenvalue weighted by molar-refractivity contribution is 5.46. The quantitative estimate of drug-likeness (QED) is 0.686. The van der Waals surface area contributed by atoms with Crippen LogP contribution >= 0.6 is 0 Å². The summed E-state index contributed by atoms with van der Waals surface area (Å²) in [4.78, 5) is 10.0. The van der Waals surface area contributed by atoms with E-state index in [1.165, 1.54) is 32.1 Å². The first-order chi connectivity index (χ1) is 7.33. The minimum atomic E-state index is 0.355. The normalized spacial score (nSPS) is 30.2. The zero-order valence-corrected chi connectivity index (χ0v) is 9.80. The van der Waals surface area contributed by atoms with Gasteiger partial charge in [-0.2, -0.15) is 0 Å². The van der Waals surface area contributed by atoms with E-state index in [0.717, 1.165) is 25.8 Å². The summed E-state index contributed by atoms with van der Waals surface area (Å²) in [7, 11) is 0. The van der Waals surface area contributed by atoms with E-state index >= 15 is 0 Å². The van der Waals surface area contributed by atoms with Gasteiger partial charge in [-0.3, -0.25) is 4.79 Å². The van der Waals surface area contributed by atoms with E-state index in [1.807, 2.05) is 0 Å². The topological polar surface area (TPSA) is 41.1 Å². The SMILES string of the molecule is C1CCCC1.CC1CCC(NC=O)CN1. The van der Waals surface area contributed by atoms with E-state index in [-0.39, 0.29) is 0 Å². The average Bonchev–Trinajstić information content (AvgIpc) is 2.80. The molecule has 0 bridgehead atoms. The lowest BCUT2D eigenvalue weighted by atomic mass is 10.0. The third-order valence-electron chi connectivity index (χ3n) is 3.21. The molecule has 2 fully saturated rings. The van der Waals surface area contributed by atoms with Crippen molar-refractivity contribution in [3.8, 4) is 0 Å². The molecule has 2 N–H and O–H groups in total. The predicted molar refractivity (Wildman–Crippen MR) is 62.8 cm³/mol. The van der Waals surface area contributed by atoms with Gasteiger partial charge >= 0.3 is 0 Å². The molecule has 0 spiro atoms. The summed E-state index contributed by atoms with van der Waals surface area (Å²) in [5.74, 6) is 0. The summed E-state index contributed by atoms with van der Waals surface area (Å²) in [6.07, 6.45) is 10.5. The van der Waals surface area contributed by atoms with Crippen LogP contribution in [0.4, 0.5) is 0 Å². The van der Waals surface area contributed by atoms with Gasteiger partial charge in [0.25, 0.3) is 0 Å². The van der Waals surface area contributed by atoms with Crippen LogP contribution in [-0.4, -0.2) is 25.0 Å². The van der Waals surface area contributed by atoms with E-state index in [2.05, 4.69) is 17.6 Å². The summed E-state index contributed by atoms with van der Waals surface area (Å²) in [6.45, 7) is 3.08. The molecule has 2 aliphatic rings. The molecule has 1 saturated heterocycles. The van der Waals surface area contributed by atoms with E-state index in [9.17, 15) is 4.79 Å². The van der Waals surface area contributed by atoms with Crippen molar-refractivity contribution in [3.63, 3.8) is 0 Å². The van der Waals surface area contributed by atoms with Crippen LogP contribution in [0.2, 0.25) is 0 Å². The highest BCUT2D eigenvalue weighted by atomic mass is 16.1. The summed E-state index contributed by atoms with van der Waals surface area (Å²) >= 11 is 0. The number of hydrogen-bond acceptors (Lipinski definition) is 2. The third kappa shape index (κ3) is 5.78. The molecule has 2 unspecified atom stereocenters. The van der Waals surface area contributed by atoms with E-state index in [1.54, 1.807) is 0 Å². The van der Waals surface area contributed by atoms with E-state index < -0.39 is 0 Å². The van der Waals surface area contributed by atoms with Crippen molar-refractivity contribution in [2.75, 3.05) is 6.54 Å². The Morgan fingerprint density at radius 1 is 1.13 bits per heavy atom. The van der Waals surface area contributed by atoms with Gasteiger partial charge < -0.3 is 10.6 Å². The van der Waals surface area contributed by atoms with Crippen LogP contribution in [0.25, 0.3) is 0 Å². The molecule has 2 atom stereocenters. The van der Waals surface area contributed by atoms with Gasteiger partial charge in [-0.25, -0.2) is 0 Å². The van der Waals surface area contributed by atoms with E-state index in [0.29, 0.717) is 12.1 Å². The molecule has 1 amide bonds. The highest BCUT2D eigenvalue weighted by Gasteiger charge is 2.15. The Morgan fingerprint density at radius 2 is 1.73 bits per heavy atom. The monoisotopic (exact) mass is 212 g/mol. The molecule has 1 heterocycles. The minimum absolute atomic E-state index is 0.355. The lowest BCUT2D eigenvalue weighted by molar-refractivity contribution is -0.110. The van der Waals surface area contributed by atoms with Crippen molar-refractivity contribution < 1.29 is 4.79 Å². The second-order valence-electron chi connectivity index (χ2n) is 4.64. The van der Waals surface area contributed by atoms with Crippen LogP contribution in [0.15, 0.2) is 0 Å². The second-order valence-corrected chi connectivity index (χ2v) is 4.64. The molecule has 2 rings (SSSR count). The van der Waals surface area contributed by atoms with Crippen molar-refractivity contribution in [2.24, 2.45) is 0 Å². The fourth-order valence-corrected chi connectivity index (χ4v) is 2.12. The number of nitrogens with one attached hydrogen (secondary N) is 2. The molecular formula is C12H24N2O. The molecule has 1 saturated carbocycles. The molecule has 0 aromatic rings. The molecule has 88 valence electrons. The lowest BCUT2D eigenvalue weighted by Crippen LogP contribution is -2.46. The molecule has 3 heteroatoms. The van der Waals surface area contributed by atoms with E-state index in [4.69, 9.17) is 0 Å². The van der Waals surface area contributed by atoms with Crippen LogP contribution in [0, 0.1) is 0 Å². The number of piperidine rings is 1. The minimum Gasteiger partial charge on any atom is -0.355 e. The highest BCUT2D eigenvalue weighted by Crippen LogP contribution is 2.15. The maximum atomic E-state index is 10.0. The zero-order valence-electron chi connectivity index (χ0n) is 9.80. The molecule has 3 nitrogen and oxygen atoms in total. The summed E-state index contributed by atoms with van der Waals surface area (Å²) in [5.41, 5.74) is 0. The Balaban J connectivity index is 0.000000187. The Hall–Kier alpha value is -0.570. The standard InChI is InChI=1S/C7H14N2O.C5H10/c1-6-2-3-7(4-8-6)9-5-10;1-2-4-5-3-1/h5-8H,2-4H2,1H3,(H,9,10);1-5H2. The number of amides is 1. The summed E-state index contributed by atoms with van der Waals surface area (Å²) in [6, 6.07) is 0.971. The molecular weight excluding hydrogens is 188 g/mol. The Labute approximate surface area is 93.0 Å². The van der Waals surface area contributed by atoms with Crippen LogP contribution in [0.5, 0.6) is 0 Å². The van der Waals surface area contributed by atoms with Crippen molar-refractivity contribution in [1.82, 2.24) is 10.6 Å². The molecule has 0 aromatic carbocycles. The molecule has 0 aromatic heterocycles. The van der Waals surface area contributed by atoms with Gasteiger partial charge in [0.2, 0.25) is 6.41 Å². The van der Waals surface area contributed by atoms with Crippen LogP contribution in [0.1, 0.15) is 51.9 Å². The van der Waals surface area contributed by atoms with Gasteiger partial charge in [0, 0.05) is 18.6 Å². The smallest absolute Gasteiger partial charge is 0.207 e.